The summed E-state index contributed by atoms with van der Waals surface area (Å²) in [4.78, 5) is 8.58. The predicted molar refractivity (Wildman–Crippen MR) is 81.5 cm³/mol. The Labute approximate surface area is 130 Å². The van der Waals surface area contributed by atoms with Crippen LogP contribution in [0.1, 0.15) is 0 Å². The number of ether oxygens (including phenoxy) is 1. The fourth-order valence-corrected chi connectivity index (χ4v) is 2.40. The van der Waals surface area contributed by atoms with Crippen molar-refractivity contribution in [2.75, 3.05) is 7.11 Å². The molecule has 0 bridgehead atoms. The zero-order valence-electron chi connectivity index (χ0n) is 10.9. The number of hydrogen-bond acceptors (Lipinski definition) is 3. The molecule has 2 aromatic carbocycles. The van der Waals surface area contributed by atoms with Crippen LogP contribution in [0.2, 0.25) is 10.2 Å². The van der Waals surface area contributed by atoms with Crippen LogP contribution in [0.15, 0.2) is 36.4 Å². The SMILES string of the molecule is COc1ccc(-c2nc(Cl)c3ccc(Cl)cc3n2)cc1F. The van der Waals surface area contributed by atoms with Gasteiger partial charge in [0.25, 0.3) is 0 Å². The van der Waals surface area contributed by atoms with Gasteiger partial charge in [-0.15, -0.1) is 0 Å². The van der Waals surface area contributed by atoms with Gasteiger partial charge in [-0.05, 0) is 36.4 Å². The molecule has 0 unspecified atom stereocenters. The Morgan fingerprint density at radius 2 is 1.86 bits per heavy atom. The molecule has 6 heteroatoms. The first-order chi connectivity index (χ1) is 10.1. The van der Waals surface area contributed by atoms with E-state index in [4.69, 9.17) is 27.9 Å². The molecule has 0 N–H and O–H groups in total. The van der Waals surface area contributed by atoms with Crippen molar-refractivity contribution in [1.82, 2.24) is 9.97 Å². The molecule has 3 aromatic rings. The number of hydrogen-bond donors (Lipinski definition) is 0. The normalized spacial score (nSPS) is 10.9. The average Bonchev–Trinajstić information content (AvgIpc) is 2.46. The molecule has 0 fully saturated rings. The number of benzene rings is 2. The largest absolute Gasteiger partial charge is 0.494 e. The molecule has 0 aliphatic heterocycles. The van der Waals surface area contributed by atoms with E-state index in [1.165, 1.54) is 19.2 Å². The molecule has 0 atom stereocenters. The number of rotatable bonds is 2. The second-order valence-electron chi connectivity index (χ2n) is 4.35. The fourth-order valence-electron chi connectivity index (χ4n) is 2.00. The Hall–Kier alpha value is -1.91. The van der Waals surface area contributed by atoms with Crippen molar-refractivity contribution in [2.45, 2.75) is 0 Å². The summed E-state index contributed by atoms with van der Waals surface area (Å²) in [5, 5.41) is 1.53. The van der Waals surface area contributed by atoms with Crippen LogP contribution in [0, 0.1) is 5.82 Å². The minimum Gasteiger partial charge on any atom is -0.494 e. The lowest BCUT2D eigenvalue weighted by molar-refractivity contribution is 0.386. The van der Waals surface area contributed by atoms with Crippen molar-refractivity contribution in [3.63, 3.8) is 0 Å². The van der Waals surface area contributed by atoms with Gasteiger partial charge >= 0.3 is 0 Å². The standard InChI is InChI=1S/C15H9Cl2FN2O/c1-21-13-5-2-8(6-11(13)18)15-19-12-7-9(16)3-4-10(12)14(17)20-15/h2-7H,1H3. The third-order valence-corrected chi connectivity index (χ3v) is 3.55. The first kappa shape index (κ1) is 14.0. The Bertz CT molecular complexity index is 839. The van der Waals surface area contributed by atoms with Crippen LogP contribution in [0.5, 0.6) is 5.75 Å². The second-order valence-corrected chi connectivity index (χ2v) is 5.14. The molecule has 3 nitrogen and oxygen atoms in total. The molecule has 1 heterocycles. The van der Waals surface area contributed by atoms with Crippen molar-refractivity contribution in [2.24, 2.45) is 0 Å². The van der Waals surface area contributed by atoms with Gasteiger partial charge in [0, 0.05) is 16.0 Å². The van der Waals surface area contributed by atoms with E-state index in [-0.39, 0.29) is 5.75 Å². The lowest BCUT2D eigenvalue weighted by Crippen LogP contribution is -1.94. The predicted octanol–water partition coefficient (Wildman–Crippen LogP) is 4.75. The quantitative estimate of drug-likeness (QED) is 0.638. The van der Waals surface area contributed by atoms with Gasteiger partial charge in [0.15, 0.2) is 17.4 Å². The van der Waals surface area contributed by atoms with E-state index in [9.17, 15) is 4.39 Å². The molecule has 0 spiro atoms. The van der Waals surface area contributed by atoms with Crippen LogP contribution in [0.4, 0.5) is 4.39 Å². The summed E-state index contributed by atoms with van der Waals surface area (Å²) >= 11 is 12.1. The molecule has 0 saturated carbocycles. The summed E-state index contributed by atoms with van der Waals surface area (Å²) in [6.07, 6.45) is 0. The van der Waals surface area contributed by atoms with Crippen LogP contribution in [0.25, 0.3) is 22.3 Å². The maximum atomic E-state index is 13.8. The number of methoxy groups -OCH3 is 1. The van der Waals surface area contributed by atoms with Crippen molar-refractivity contribution in [1.29, 1.82) is 0 Å². The smallest absolute Gasteiger partial charge is 0.165 e. The zero-order valence-corrected chi connectivity index (χ0v) is 12.4. The van der Waals surface area contributed by atoms with E-state index in [0.717, 1.165) is 0 Å². The van der Waals surface area contributed by atoms with Crippen LogP contribution < -0.4 is 4.74 Å². The highest BCUT2D eigenvalue weighted by molar-refractivity contribution is 6.35. The fraction of sp³-hybridized carbons (Fsp3) is 0.0667. The number of nitrogens with zero attached hydrogens (tertiary/aromatic N) is 2. The molecule has 106 valence electrons. The van der Waals surface area contributed by atoms with Crippen molar-refractivity contribution < 1.29 is 9.13 Å². The average molecular weight is 323 g/mol. The summed E-state index contributed by atoms with van der Waals surface area (Å²) in [5.74, 6) is 0.00548. The number of halogens is 3. The molecule has 0 amide bonds. The van der Waals surface area contributed by atoms with Gasteiger partial charge in [-0.1, -0.05) is 23.2 Å². The summed E-state index contributed by atoms with van der Waals surface area (Å²) < 4.78 is 18.7. The first-order valence-corrected chi connectivity index (χ1v) is 6.81. The molecular formula is C15H9Cl2FN2O. The molecule has 0 aliphatic rings. The maximum absolute atomic E-state index is 13.8. The first-order valence-electron chi connectivity index (χ1n) is 6.05. The monoisotopic (exact) mass is 322 g/mol. The lowest BCUT2D eigenvalue weighted by atomic mass is 10.2. The van der Waals surface area contributed by atoms with E-state index in [0.29, 0.717) is 32.5 Å². The van der Waals surface area contributed by atoms with Gasteiger partial charge in [-0.3, -0.25) is 0 Å². The third kappa shape index (κ3) is 2.64. The highest BCUT2D eigenvalue weighted by Crippen LogP contribution is 2.28. The van der Waals surface area contributed by atoms with E-state index < -0.39 is 5.82 Å². The van der Waals surface area contributed by atoms with Crippen molar-refractivity contribution in [3.05, 3.63) is 52.4 Å². The van der Waals surface area contributed by atoms with E-state index in [1.54, 1.807) is 24.3 Å². The van der Waals surface area contributed by atoms with Crippen molar-refractivity contribution >= 4 is 34.1 Å². The molecular weight excluding hydrogens is 314 g/mol. The van der Waals surface area contributed by atoms with Crippen LogP contribution in [0.3, 0.4) is 0 Å². The summed E-state index contributed by atoms with van der Waals surface area (Å²) in [5.41, 5.74) is 1.12. The van der Waals surface area contributed by atoms with Gasteiger partial charge in [0.1, 0.15) is 5.15 Å². The minimum absolute atomic E-state index is 0.161. The lowest BCUT2D eigenvalue weighted by Gasteiger charge is -2.07. The third-order valence-electron chi connectivity index (χ3n) is 3.02. The molecule has 0 saturated heterocycles. The highest BCUT2D eigenvalue weighted by atomic mass is 35.5. The maximum Gasteiger partial charge on any atom is 0.165 e. The Kier molecular flexibility index (Phi) is 3.66. The highest BCUT2D eigenvalue weighted by Gasteiger charge is 2.11. The Morgan fingerprint density at radius 1 is 1.05 bits per heavy atom. The van der Waals surface area contributed by atoms with Crippen molar-refractivity contribution in [3.8, 4) is 17.1 Å². The minimum atomic E-state index is -0.485. The van der Waals surface area contributed by atoms with Gasteiger partial charge in [0.2, 0.25) is 0 Å². The van der Waals surface area contributed by atoms with Gasteiger partial charge in [0.05, 0.1) is 12.6 Å². The van der Waals surface area contributed by atoms with Crippen LogP contribution >= 0.6 is 23.2 Å². The Balaban J connectivity index is 2.18. The summed E-state index contributed by atoms with van der Waals surface area (Å²) in [7, 11) is 1.41. The summed E-state index contributed by atoms with van der Waals surface area (Å²) in [6.45, 7) is 0. The van der Waals surface area contributed by atoms with E-state index >= 15 is 0 Å². The van der Waals surface area contributed by atoms with E-state index in [1.807, 2.05) is 0 Å². The topological polar surface area (TPSA) is 35.0 Å². The molecule has 21 heavy (non-hydrogen) atoms. The number of fused-ring (bicyclic) bond motifs is 1. The number of aromatic nitrogens is 2. The second kappa shape index (κ2) is 5.47. The zero-order chi connectivity index (χ0) is 15.0. The van der Waals surface area contributed by atoms with E-state index in [2.05, 4.69) is 9.97 Å². The molecule has 3 rings (SSSR count). The molecule has 0 aliphatic carbocycles. The summed E-state index contributed by atoms with van der Waals surface area (Å²) in [6, 6.07) is 9.65. The molecule has 0 radical (unpaired) electrons. The Morgan fingerprint density at radius 3 is 2.57 bits per heavy atom. The van der Waals surface area contributed by atoms with Crippen LogP contribution in [-0.2, 0) is 0 Å². The van der Waals surface area contributed by atoms with Gasteiger partial charge in [-0.25, -0.2) is 14.4 Å². The van der Waals surface area contributed by atoms with Gasteiger partial charge in [-0.2, -0.15) is 0 Å². The van der Waals surface area contributed by atoms with Crippen LogP contribution in [-0.4, -0.2) is 17.1 Å². The molecule has 1 aromatic heterocycles. The van der Waals surface area contributed by atoms with Gasteiger partial charge < -0.3 is 4.74 Å².